The van der Waals surface area contributed by atoms with Crippen molar-refractivity contribution in [3.8, 4) is 11.5 Å². The van der Waals surface area contributed by atoms with Crippen molar-refractivity contribution in [1.29, 1.82) is 0 Å². The second kappa shape index (κ2) is 19.2. The van der Waals surface area contributed by atoms with Crippen LogP contribution < -0.4 is 0 Å². The fraction of sp³-hybridized carbons (Fsp3) is 0.447. The summed E-state index contributed by atoms with van der Waals surface area (Å²) in [5, 5.41) is 22.8. The van der Waals surface area contributed by atoms with Crippen molar-refractivity contribution in [2.75, 3.05) is 6.54 Å². The molecule has 0 amide bonds. The molecular formula is C47H67NO2Zr. The molecule has 2 N–H and O–H groups in total. The molecule has 0 atom stereocenters. The number of aromatic hydroxyl groups is 2. The monoisotopic (exact) mass is 767 g/mol. The van der Waals surface area contributed by atoms with E-state index in [1.807, 2.05) is 60.7 Å². The van der Waals surface area contributed by atoms with Crippen molar-refractivity contribution in [3.63, 3.8) is 0 Å². The van der Waals surface area contributed by atoms with E-state index >= 15 is 0 Å². The van der Waals surface area contributed by atoms with Crippen LogP contribution in [-0.4, -0.2) is 21.7 Å². The zero-order valence-corrected chi connectivity index (χ0v) is 36.6. The van der Waals surface area contributed by atoms with E-state index in [1.165, 1.54) is 11.1 Å². The molecule has 4 aromatic rings. The summed E-state index contributed by atoms with van der Waals surface area (Å²) in [4.78, 5) is 2.36. The Morgan fingerprint density at radius 2 is 0.824 bits per heavy atom. The van der Waals surface area contributed by atoms with Crippen LogP contribution in [0.2, 0.25) is 0 Å². The molecule has 0 aliphatic heterocycles. The van der Waals surface area contributed by atoms with Gasteiger partial charge >= 0.3 is 26.2 Å². The molecule has 0 aliphatic rings. The molecule has 276 valence electrons. The molecule has 4 rings (SSSR count). The van der Waals surface area contributed by atoms with E-state index in [4.69, 9.17) is 0 Å². The van der Waals surface area contributed by atoms with E-state index in [1.54, 1.807) is 0 Å². The van der Waals surface area contributed by atoms with Gasteiger partial charge in [-0.3, -0.25) is 4.90 Å². The summed E-state index contributed by atoms with van der Waals surface area (Å²) in [6.07, 6.45) is 0.998. The quantitative estimate of drug-likeness (QED) is 0.192. The predicted octanol–water partition coefficient (Wildman–Crippen LogP) is 12.4. The number of nitrogens with zero attached hydrogens (tertiary/aromatic N) is 1. The minimum Gasteiger partial charge on any atom is -0.507 e. The standard InChI is InChI=1S/C33H53NO2.2C7H7.Zr/c1-14-15-34(20-22-16-24(30(2,3)4)18-26(28(22)35)32(8,9)10)21-23-17-25(31(5,6)7)19-27(29(23)36)33(11,12)13;2*1-7-5-3-2-4-6-7;/h16-19,35-36H,14-15,20-21H2,1-13H3;2*2-6H,1H2;/q;2*-1;+2. The molecule has 0 heterocycles. The largest absolute Gasteiger partial charge is 2.00 e. The van der Waals surface area contributed by atoms with Gasteiger partial charge in [-0.2, -0.15) is 49.2 Å². The fourth-order valence-corrected chi connectivity index (χ4v) is 5.61. The Hall–Kier alpha value is -2.94. The van der Waals surface area contributed by atoms with Crippen molar-refractivity contribution in [1.82, 2.24) is 4.90 Å². The van der Waals surface area contributed by atoms with Gasteiger partial charge in [0.2, 0.25) is 0 Å². The summed E-state index contributed by atoms with van der Waals surface area (Å²) in [5.74, 6) is 0.805. The first-order chi connectivity index (χ1) is 22.9. The molecule has 0 spiro atoms. The van der Waals surface area contributed by atoms with Crippen LogP contribution in [0.1, 0.15) is 141 Å². The number of hydrogen-bond acceptors (Lipinski definition) is 3. The Bertz CT molecular complexity index is 1500. The van der Waals surface area contributed by atoms with Gasteiger partial charge in [0.1, 0.15) is 11.5 Å². The second-order valence-electron chi connectivity index (χ2n) is 17.7. The Balaban J connectivity index is 0.000000710. The maximum absolute atomic E-state index is 11.4. The SMILES string of the molecule is CCCN(Cc1cc(C(C)(C)C)cc(C(C)(C)C)c1O)Cc1cc(C(C)(C)C)cc(C(C)(C)C)c1O.[CH2-]c1ccccc1.[CH2-]c1ccccc1.[Zr+2]. The minimum atomic E-state index is -0.156. The number of benzene rings is 4. The van der Waals surface area contributed by atoms with Crippen molar-refractivity contribution < 1.29 is 36.4 Å². The second-order valence-corrected chi connectivity index (χ2v) is 17.7. The van der Waals surface area contributed by atoms with Gasteiger partial charge in [0, 0.05) is 24.2 Å². The molecule has 0 fully saturated rings. The van der Waals surface area contributed by atoms with Gasteiger partial charge < -0.3 is 10.2 Å². The normalized spacial score (nSPS) is 11.9. The van der Waals surface area contributed by atoms with Crippen LogP contribution in [0.4, 0.5) is 0 Å². The molecule has 0 unspecified atom stereocenters. The van der Waals surface area contributed by atoms with Gasteiger partial charge in [0.05, 0.1) is 0 Å². The topological polar surface area (TPSA) is 43.7 Å². The predicted molar refractivity (Wildman–Crippen MR) is 217 cm³/mol. The first-order valence-electron chi connectivity index (χ1n) is 18.1. The summed E-state index contributed by atoms with van der Waals surface area (Å²) in [6, 6.07) is 28.5. The maximum Gasteiger partial charge on any atom is 2.00 e. The third kappa shape index (κ3) is 14.9. The van der Waals surface area contributed by atoms with Gasteiger partial charge in [-0.15, -0.1) is 24.3 Å². The van der Waals surface area contributed by atoms with Gasteiger partial charge in [-0.1, -0.05) is 126 Å². The number of hydrogen-bond donors (Lipinski definition) is 2. The van der Waals surface area contributed by atoms with Crippen LogP contribution in [0.5, 0.6) is 11.5 Å². The average Bonchev–Trinajstić information content (AvgIpc) is 2.98. The van der Waals surface area contributed by atoms with Crippen LogP contribution in [-0.2, 0) is 61.0 Å². The summed E-state index contributed by atoms with van der Waals surface area (Å²) in [6.45, 7) is 38.1. The van der Waals surface area contributed by atoms with Gasteiger partial charge in [0.15, 0.2) is 0 Å². The molecule has 0 saturated heterocycles. The van der Waals surface area contributed by atoms with Crippen molar-refractivity contribution in [2.45, 2.75) is 131 Å². The number of phenolic OH excluding ortho intramolecular Hbond substituents is 2. The molecule has 4 heteroatoms. The molecule has 0 aliphatic carbocycles. The number of phenols is 2. The zero-order valence-electron chi connectivity index (χ0n) is 34.2. The average molecular weight is 769 g/mol. The first kappa shape index (κ1) is 46.1. The van der Waals surface area contributed by atoms with E-state index in [0.717, 1.165) is 46.3 Å². The van der Waals surface area contributed by atoms with Crippen molar-refractivity contribution >= 4 is 0 Å². The van der Waals surface area contributed by atoms with E-state index in [9.17, 15) is 10.2 Å². The summed E-state index contributed by atoms with van der Waals surface area (Å²) < 4.78 is 0. The van der Waals surface area contributed by atoms with Gasteiger partial charge in [0.25, 0.3) is 0 Å². The molecule has 4 aromatic carbocycles. The Labute approximate surface area is 332 Å². The third-order valence-electron chi connectivity index (χ3n) is 8.74. The molecular weight excluding hydrogens is 702 g/mol. The summed E-state index contributed by atoms with van der Waals surface area (Å²) >= 11 is 0. The van der Waals surface area contributed by atoms with Crippen LogP contribution in [0.15, 0.2) is 84.9 Å². The molecule has 0 aromatic heterocycles. The Kier molecular flexibility index (Phi) is 17.4. The van der Waals surface area contributed by atoms with E-state index in [-0.39, 0.29) is 47.9 Å². The van der Waals surface area contributed by atoms with Crippen molar-refractivity contribution in [3.05, 3.63) is 143 Å². The summed E-state index contributed by atoms with van der Waals surface area (Å²) in [5.41, 5.74) is 8.19. The van der Waals surface area contributed by atoms with Crippen LogP contribution in [0.3, 0.4) is 0 Å². The first-order valence-corrected chi connectivity index (χ1v) is 18.1. The Morgan fingerprint density at radius 3 is 1.04 bits per heavy atom. The van der Waals surface area contributed by atoms with E-state index < -0.39 is 0 Å². The maximum atomic E-state index is 11.4. The number of rotatable bonds is 6. The summed E-state index contributed by atoms with van der Waals surface area (Å²) in [7, 11) is 0. The van der Waals surface area contributed by atoms with Crippen molar-refractivity contribution in [2.24, 2.45) is 0 Å². The molecule has 0 saturated carbocycles. The molecule has 3 nitrogen and oxygen atoms in total. The van der Waals surface area contributed by atoms with E-state index in [2.05, 4.69) is 133 Å². The minimum absolute atomic E-state index is 0. The van der Waals surface area contributed by atoms with Crippen LogP contribution in [0, 0.1) is 13.8 Å². The van der Waals surface area contributed by atoms with Gasteiger partial charge in [-0.05, 0) is 56.9 Å². The smallest absolute Gasteiger partial charge is 0.507 e. The van der Waals surface area contributed by atoms with Crippen LogP contribution in [0.25, 0.3) is 0 Å². The Morgan fingerprint density at radius 1 is 0.510 bits per heavy atom. The molecule has 0 bridgehead atoms. The van der Waals surface area contributed by atoms with Gasteiger partial charge in [-0.25, -0.2) is 0 Å². The van der Waals surface area contributed by atoms with E-state index in [0.29, 0.717) is 24.6 Å². The zero-order chi connectivity index (χ0) is 38.1. The van der Waals surface area contributed by atoms with Crippen LogP contribution >= 0.6 is 0 Å². The molecule has 51 heavy (non-hydrogen) atoms. The third-order valence-corrected chi connectivity index (χ3v) is 8.74. The molecule has 0 radical (unpaired) electrons. The fourth-order valence-electron chi connectivity index (χ4n) is 5.61.